The molecule has 1 heterocycles. The van der Waals surface area contributed by atoms with Crippen molar-refractivity contribution in [3.8, 4) is 11.4 Å². The number of carbonyl (C=O) groups is 2. The second kappa shape index (κ2) is 7.88. The average molecular weight is 469 g/mol. The van der Waals surface area contributed by atoms with Crippen LogP contribution in [-0.4, -0.2) is 39.1 Å². The van der Waals surface area contributed by atoms with E-state index in [1.54, 1.807) is 12.3 Å². The molecule has 3 saturated carbocycles. The first-order valence-corrected chi connectivity index (χ1v) is 11.0. The Morgan fingerprint density at radius 3 is 2.58 bits per heavy atom. The Morgan fingerprint density at radius 1 is 1.15 bits per heavy atom. The van der Waals surface area contributed by atoms with Crippen LogP contribution in [0, 0.1) is 12.7 Å². The van der Waals surface area contributed by atoms with Crippen molar-refractivity contribution >= 4 is 23.4 Å². The molecule has 0 radical (unpaired) electrons. The molecule has 0 aliphatic heterocycles. The van der Waals surface area contributed by atoms with Gasteiger partial charge >= 0.3 is 0 Å². The summed E-state index contributed by atoms with van der Waals surface area (Å²) >= 11 is 5.65. The lowest BCUT2D eigenvalue weighted by molar-refractivity contribution is -0.141. The van der Waals surface area contributed by atoms with Gasteiger partial charge in [-0.3, -0.25) is 9.59 Å². The minimum absolute atomic E-state index is 0.00389. The van der Waals surface area contributed by atoms with E-state index in [0.717, 1.165) is 17.6 Å². The van der Waals surface area contributed by atoms with E-state index in [0.29, 0.717) is 24.8 Å². The van der Waals surface area contributed by atoms with Crippen molar-refractivity contribution in [1.82, 2.24) is 20.2 Å². The fourth-order valence-corrected chi connectivity index (χ4v) is 5.03. The van der Waals surface area contributed by atoms with Crippen LogP contribution < -0.4 is 15.4 Å². The summed E-state index contributed by atoms with van der Waals surface area (Å²) < 4.78 is 20.7. The van der Waals surface area contributed by atoms with Gasteiger partial charge in [0.05, 0.1) is 16.3 Å². The molecule has 2 N–H and O–H groups in total. The van der Waals surface area contributed by atoms with Crippen molar-refractivity contribution in [3.63, 3.8) is 0 Å². The Hall–Kier alpha value is -3.39. The van der Waals surface area contributed by atoms with Crippen LogP contribution in [0.25, 0.3) is 5.69 Å². The third kappa shape index (κ3) is 3.95. The van der Waals surface area contributed by atoms with Crippen LogP contribution in [0.4, 0.5) is 4.39 Å². The van der Waals surface area contributed by atoms with E-state index < -0.39 is 5.82 Å². The minimum atomic E-state index is -0.601. The van der Waals surface area contributed by atoms with Gasteiger partial charge in [0, 0.05) is 29.5 Å². The topological polar surface area (TPSA) is 85.3 Å². The third-order valence-corrected chi connectivity index (χ3v) is 6.62. The van der Waals surface area contributed by atoms with Gasteiger partial charge in [0.15, 0.2) is 6.61 Å². The fraction of sp³-hybridized carbons (Fsp3) is 0.292. The van der Waals surface area contributed by atoms with E-state index in [1.165, 1.54) is 12.1 Å². The highest BCUT2D eigenvalue weighted by Gasteiger charge is 2.69. The highest BCUT2D eigenvalue weighted by Crippen LogP contribution is 2.60. The first-order valence-electron chi connectivity index (χ1n) is 10.6. The van der Waals surface area contributed by atoms with E-state index >= 15 is 0 Å². The molecule has 1 aromatic heterocycles. The summed E-state index contributed by atoms with van der Waals surface area (Å²) in [4.78, 5) is 29.6. The molecule has 6 rings (SSSR count). The predicted octanol–water partition coefficient (Wildman–Crippen LogP) is 3.57. The lowest BCUT2D eigenvalue weighted by Gasteiger charge is -2.70. The first kappa shape index (κ1) is 21.5. The quantitative estimate of drug-likeness (QED) is 0.555. The Morgan fingerprint density at radius 2 is 1.88 bits per heavy atom. The molecule has 2 amide bonds. The van der Waals surface area contributed by atoms with Gasteiger partial charge in [-0.25, -0.2) is 9.37 Å². The van der Waals surface area contributed by atoms with Crippen molar-refractivity contribution in [2.75, 3.05) is 6.61 Å². The zero-order valence-electron chi connectivity index (χ0n) is 17.9. The van der Waals surface area contributed by atoms with Gasteiger partial charge in [-0.2, -0.15) is 0 Å². The number of carbonyl (C=O) groups excluding carboxylic acids is 2. The molecule has 3 aromatic rings. The number of halogens is 2. The second-order valence-electron chi connectivity index (χ2n) is 8.82. The number of ether oxygens (including phenoxy) is 1. The van der Waals surface area contributed by atoms with Crippen molar-refractivity contribution in [2.45, 2.75) is 37.3 Å². The van der Waals surface area contributed by atoms with Crippen LogP contribution in [0.15, 0.2) is 54.9 Å². The van der Waals surface area contributed by atoms with E-state index in [-0.39, 0.29) is 40.3 Å². The predicted molar refractivity (Wildman–Crippen MR) is 120 cm³/mol. The molecule has 3 fully saturated rings. The maximum Gasteiger partial charge on any atom is 0.258 e. The lowest BCUT2D eigenvalue weighted by atomic mass is 9.44. The van der Waals surface area contributed by atoms with E-state index in [9.17, 15) is 14.0 Å². The molecular formula is C24H22ClFN4O3. The summed E-state index contributed by atoms with van der Waals surface area (Å²) in [5.41, 5.74) is 0.724. The molecule has 7 nitrogen and oxygen atoms in total. The van der Waals surface area contributed by atoms with E-state index in [2.05, 4.69) is 15.6 Å². The van der Waals surface area contributed by atoms with Crippen LogP contribution in [-0.2, 0) is 4.79 Å². The molecule has 0 atom stereocenters. The summed E-state index contributed by atoms with van der Waals surface area (Å²) in [6.45, 7) is 1.66. The first-order chi connectivity index (χ1) is 15.8. The smallest absolute Gasteiger partial charge is 0.258 e. The molecule has 9 heteroatoms. The molecule has 0 saturated heterocycles. The van der Waals surface area contributed by atoms with Gasteiger partial charge in [-0.05, 0) is 50.5 Å². The van der Waals surface area contributed by atoms with Crippen LogP contribution in [0.2, 0.25) is 5.02 Å². The zero-order chi connectivity index (χ0) is 23.2. The number of hydrogen-bond donors (Lipinski definition) is 2. The van der Waals surface area contributed by atoms with E-state index in [1.807, 2.05) is 35.9 Å². The van der Waals surface area contributed by atoms with Gasteiger partial charge in [0.2, 0.25) is 0 Å². The number of imidazole rings is 1. The molecular weight excluding hydrogens is 447 g/mol. The van der Waals surface area contributed by atoms with Crippen molar-refractivity contribution in [1.29, 1.82) is 0 Å². The molecule has 2 bridgehead atoms. The van der Waals surface area contributed by atoms with Crippen LogP contribution in [0.5, 0.6) is 5.75 Å². The summed E-state index contributed by atoms with van der Waals surface area (Å²) in [7, 11) is 0. The van der Waals surface area contributed by atoms with Gasteiger partial charge in [-0.15, -0.1) is 0 Å². The number of hydrogen-bond acceptors (Lipinski definition) is 4. The number of aromatic nitrogens is 2. The second-order valence-corrected chi connectivity index (χ2v) is 9.23. The molecule has 0 spiro atoms. The highest BCUT2D eigenvalue weighted by atomic mass is 35.5. The lowest BCUT2D eigenvalue weighted by Crippen LogP contribution is -2.84. The number of nitrogens with zero attached hydrogens (tertiary/aromatic N) is 2. The minimum Gasteiger partial charge on any atom is -0.484 e. The van der Waals surface area contributed by atoms with Crippen LogP contribution >= 0.6 is 11.6 Å². The monoisotopic (exact) mass is 468 g/mol. The SMILES string of the molecule is Cc1nccn1-c1ccccc1C(=O)NC12CC(NC(=O)COc3ccc(Cl)c(F)c3)(C1)C2. The standard InChI is InChI=1S/C24H22ClFN4O3/c1-15-27-8-9-30(15)20-5-3-2-4-17(20)22(32)29-24-12-23(13-24,14-24)28-21(31)11-33-16-6-7-18(25)19(26)10-16/h2-10H,11-14H2,1H3,(H,28,31)(H,29,32). The largest absolute Gasteiger partial charge is 0.484 e. The summed E-state index contributed by atoms with van der Waals surface area (Å²) in [6.07, 6.45) is 5.52. The van der Waals surface area contributed by atoms with Crippen LogP contribution in [0.1, 0.15) is 35.4 Å². The Labute approximate surface area is 194 Å². The molecule has 2 aromatic carbocycles. The number of nitrogens with one attached hydrogen (secondary N) is 2. The maximum absolute atomic E-state index is 13.5. The normalized spacial score (nSPS) is 22.6. The van der Waals surface area contributed by atoms with Gasteiger partial charge in [0.25, 0.3) is 11.8 Å². The molecule has 170 valence electrons. The third-order valence-electron chi connectivity index (χ3n) is 6.31. The van der Waals surface area contributed by atoms with E-state index in [4.69, 9.17) is 16.3 Å². The van der Waals surface area contributed by atoms with Crippen molar-refractivity contribution < 1.29 is 18.7 Å². The van der Waals surface area contributed by atoms with Gasteiger partial charge in [0.1, 0.15) is 17.4 Å². The summed E-state index contributed by atoms with van der Waals surface area (Å²) in [5.74, 6) is -0.0000444. The van der Waals surface area contributed by atoms with Gasteiger partial charge < -0.3 is 19.9 Å². The number of para-hydroxylation sites is 1. The number of rotatable bonds is 7. The van der Waals surface area contributed by atoms with Crippen molar-refractivity contribution in [3.05, 3.63) is 77.1 Å². The molecule has 33 heavy (non-hydrogen) atoms. The molecule has 3 aliphatic carbocycles. The highest BCUT2D eigenvalue weighted by molar-refractivity contribution is 6.30. The number of amides is 2. The number of benzene rings is 2. The van der Waals surface area contributed by atoms with Crippen molar-refractivity contribution in [2.24, 2.45) is 0 Å². The molecule has 3 aliphatic rings. The number of aryl methyl sites for hydroxylation is 1. The zero-order valence-corrected chi connectivity index (χ0v) is 18.7. The fourth-order valence-electron chi connectivity index (χ4n) is 4.92. The maximum atomic E-state index is 13.5. The Kier molecular flexibility index (Phi) is 5.12. The van der Waals surface area contributed by atoms with Crippen LogP contribution in [0.3, 0.4) is 0 Å². The Bertz CT molecular complexity index is 1240. The Balaban J connectivity index is 1.15. The molecule has 0 unspecified atom stereocenters. The van der Waals surface area contributed by atoms with Gasteiger partial charge in [-0.1, -0.05) is 23.7 Å². The summed E-state index contributed by atoms with van der Waals surface area (Å²) in [5, 5.41) is 6.14. The summed E-state index contributed by atoms with van der Waals surface area (Å²) in [6, 6.07) is 11.4. The average Bonchev–Trinajstić information content (AvgIpc) is 3.17.